The zero-order valence-electron chi connectivity index (χ0n) is 23.0. The normalized spacial score (nSPS) is 28.1. The number of carbonyl (C=O) groups is 2. The number of hydrogen-bond donors (Lipinski definition) is 3. The smallest absolute Gasteiger partial charge is 0.310 e. The van der Waals surface area contributed by atoms with E-state index in [2.05, 4.69) is 10.6 Å². The summed E-state index contributed by atoms with van der Waals surface area (Å²) in [6.07, 6.45) is 7.77. The molecule has 0 aromatic heterocycles. The summed E-state index contributed by atoms with van der Waals surface area (Å²) in [7, 11) is 0. The fourth-order valence-electron chi connectivity index (χ4n) is 6.94. The van der Waals surface area contributed by atoms with Gasteiger partial charge in [-0.1, -0.05) is 24.6 Å². The third-order valence-electron chi connectivity index (χ3n) is 9.82. The van der Waals surface area contributed by atoms with Crippen LogP contribution in [0, 0.1) is 5.82 Å². The molecule has 1 aliphatic heterocycles. The summed E-state index contributed by atoms with van der Waals surface area (Å²) in [5.74, 6) is -1.74. The molecule has 4 atom stereocenters. The first kappa shape index (κ1) is 27.2. The molecule has 8 heteroatoms. The maximum absolute atomic E-state index is 15.5. The van der Waals surface area contributed by atoms with Crippen LogP contribution in [-0.2, 0) is 9.59 Å². The molecule has 1 saturated heterocycles. The Hall–Kier alpha value is -3.00. The Labute approximate surface area is 233 Å². The lowest BCUT2D eigenvalue weighted by molar-refractivity contribution is -0.138. The van der Waals surface area contributed by atoms with Crippen molar-refractivity contribution in [2.75, 3.05) is 6.54 Å². The van der Waals surface area contributed by atoms with Crippen molar-refractivity contribution in [3.8, 4) is 16.9 Å². The van der Waals surface area contributed by atoms with Gasteiger partial charge in [0.05, 0.1) is 5.92 Å². The summed E-state index contributed by atoms with van der Waals surface area (Å²) < 4.78 is 37.1. The highest BCUT2D eigenvalue weighted by Gasteiger charge is 2.55. The molecule has 1 amide bonds. The number of nitrogens with one attached hydrogen (secondary N) is 2. The van der Waals surface area contributed by atoms with Crippen molar-refractivity contribution >= 4 is 11.9 Å². The van der Waals surface area contributed by atoms with Crippen LogP contribution in [0.15, 0.2) is 36.4 Å². The molecule has 6 nitrogen and oxygen atoms in total. The van der Waals surface area contributed by atoms with Gasteiger partial charge < -0.3 is 20.5 Å². The van der Waals surface area contributed by atoms with Crippen LogP contribution in [0.3, 0.4) is 0 Å². The van der Waals surface area contributed by atoms with Gasteiger partial charge >= 0.3 is 5.97 Å². The van der Waals surface area contributed by atoms with E-state index in [1.165, 1.54) is 6.07 Å². The standard InChI is InChI=1S/C32H38F2N2O4/c1-19(29(37)38)21-9-12-27(25(15-21)24-7-3-8-26(33)28(24)20-5-2-6-20)40-23-11-10-22(16-23)36-30(39)32(34)17-31(35-18-32)13-4-14-31/h3,7-9,12,15,19-20,22-23,35H,2,4-6,10-11,13-14,16-18H2,1H3,(H,36,39)(H,37,38)/t19-,22+,23+,32-/m0/s1. The molecule has 0 unspecified atom stereocenters. The van der Waals surface area contributed by atoms with Gasteiger partial charge in [-0.2, -0.15) is 0 Å². The van der Waals surface area contributed by atoms with Gasteiger partial charge in [0.1, 0.15) is 17.7 Å². The quantitative estimate of drug-likeness (QED) is 0.375. The average Bonchev–Trinajstić information content (AvgIpc) is 3.49. The minimum absolute atomic E-state index is 0.0624. The predicted molar refractivity (Wildman–Crippen MR) is 148 cm³/mol. The number of aliphatic carboxylic acids is 1. The van der Waals surface area contributed by atoms with Crippen molar-refractivity contribution in [3.63, 3.8) is 0 Å². The predicted octanol–water partition coefficient (Wildman–Crippen LogP) is 5.99. The lowest BCUT2D eigenvalue weighted by Crippen LogP contribution is -2.49. The SMILES string of the molecule is C[C@H](C(=O)O)c1ccc(O[C@@H]2CC[C@@H](NC(=O)[C@@]3(F)CNC4(CCC4)C3)C2)c(-c2cccc(F)c2C2CCC2)c1. The fourth-order valence-corrected chi connectivity index (χ4v) is 6.94. The summed E-state index contributed by atoms with van der Waals surface area (Å²) in [6, 6.07) is 10.2. The molecule has 4 aliphatic rings. The fraction of sp³-hybridized carbons (Fsp3) is 0.562. The van der Waals surface area contributed by atoms with Crippen LogP contribution >= 0.6 is 0 Å². The molecule has 1 heterocycles. The summed E-state index contributed by atoms with van der Waals surface area (Å²) >= 11 is 0. The molecule has 1 spiro atoms. The van der Waals surface area contributed by atoms with Crippen LogP contribution in [0.2, 0.25) is 0 Å². The Morgan fingerprint density at radius 2 is 1.90 bits per heavy atom. The van der Waals surface area contributed by atoms with Crippen molar-refractivity contribution in [1.29, 1.82) is 0 Å². The zero-order valence-corrected chi connectivity index (χ0v) is 23.0. The van der Waals surface area contributed by atoms with Crippen molar-refractivity contribution in [2.45, 2.75) is 106 Å². The summed E-state index contributed by atoms with van der Waals surface area (Å²) in [4.78, 5) is 24.7. The lowest BCUT2D eigenvalue weighted by atomic mass is 9.74. The molecule has 3 saturated carbocycles. The molecular weight excluding hydrogens is 514 g/mol. The van der Waals surface area contributed by atoms with Gasteiger partial charge in [-0.3, -0.25) is 9.59 Å². The average molecular weight is 553 g/mol. The molecule has 2 aromatic rings. The second-order valence-corrected chi connectivity index (χ2v) is 12.5. The van der Waals surface area contributed by atoms with Crippen LogP contribution in [0.1, 0.15) is 94.1 Å². The van der Waals surface area contributed by atoms with Crippen molar-refractivity contribution < 1.29 is 28.2 Å². The highest BCUT2D eigenvalue weighted by atomic mass is 19.1. The Morgan fingerprint density at radius 1 is 1.10 bits per heavy atom. The van der Waals surface area contributed by atoms with Gasteiger partial charge in [0.25, 0.3) is 5.91 Å². The molecule has 2 aromatic carbocycles. The lowest BCUT2D eigenvalue weighted by Gasteiger charge is -2.38. The molecular formula is C32H38F2N2O4. The zero-order chi connectivity index (χ0) is 28.1. The largest absolute Gasteiger partial charge is 0.490 e. The van der Waals surface area contributed by atoms with Crippen LogP contribution in [0.4, 0.5) is 8.78 Å². The number of ether oxygens (including phenoxy) is 1. The van der Waals surface area contributed by atoms with Gasteiger partial charge in [-0.15, -0.1) is 0 Å². The molecule has 0 bridgehead atoms. The van der Waals surface area contributed by atoms with E-state index in [1.807, 2.05) is 12.1 Å². The van der Waals surface area contributed by atoms with Crippen molar-refractivity contribution in [1.82, 2.24) is 10.6 Å². The number of halogens is 2. The van der Waals surface area contributed by atoms with E-state index >= 15 is 8.78 Å². The first-order valence-corrected chi connectivity index (χ1v) is 14.7. The molecule has 40 heavy (non-hydrogen) atoms. The Morgan fingerprint density at radius 3 is 2.55 bits per heavy atom. The molecule has 3 N–H and O–H groups in total. The Bertz CT molecular complexity index is 1310. The Kier molecular flexibility index (Phi) is 7.09. The van der Waals surface area contributed by atoms with E-state index in [1.54, 1.807) is 25.1 Å². The highest BCUT2D eigenvalue weighted by molar-refractivity contribution is 5.86. The number of carbonyl (C=O) groups excluding carboxylic acids is 1. The monoisotopic (exact) mass is 552 g/mol. The van der Waals surface area contributed by atoms with Gasteiger partial charge in [0, 0.05) is 36.5 Å². The van der Waals surface area contributed by atoms with E-state index in [0.29, 0.717) is 41.7 Å². The maximum atomic E-state index is 15.5. The second kappa shape index (κ2) is 10.4. The number of amides is 1. The minimum Gasteiger partial charge on any atom is -0.490 e. The minimum atomic E-state index is -1.88. The highest BCUT2D eigenvalue weighted by Crippen LogP contribution is 2.46. The van der Waals surface area contributed by atoms with Crippen LogP contribution < -0.4 is 15.4 Å². The third kappa shape index (κ3) is 5.00. The third-order valence-corrected chi connectivity index (χ3v) is 9.82. The first-order valence-electron chi connectivity index (χ1n) is 14.7. The maximum Gasteiger partial charge on any atom is 0.310 e. The number of carboxylic acids is 1. The van der Waals surface area contributed by atoms with Crippen LogP contribution in [-0.4, -0.2) is 46.9 Å². The van der Waals surface area contributed by atoms with Crippen LogP contribution in [0.25, 0.3) is 11.1 Å². The number of hydrogen-bond acceptors (Lipinski definition) is 4. The van der Waals surface area contributed by atoms with E-state index in [-0.39, 0.29) is 42.4 Å². The van der Waals surface area contributed by atoms with E-state index in [9.17, 15) is 14.7 Å². The molecule has 3 aliphatic carbocycles. The molecule has 0 radical (unpaired) electrons. The van der Waals surface area contributed by atoms with Crippen molar-refractivity contribution in [2.24, 2.45) is 0 Å². The topological polar surface area (TPSA) is 87.7 Å². The first-order chi connectivity index (χ1) is 19.2. The molecule has 6 rings (SSSR count). The van der Waals surface area contributed by atoms with Gasteiger partial charge in [0.2, 0.25) is 5.67 Å². The van der Waals surface area contributed by atoms with Gasteiger partial charge in [-0.25, -0.2) is 8.78 Å². The number of benzene rings is 2. The van der Waals surface area contributed by atoms with Crippen LogP contribution in [0.5, 0.6) is 5.75 Å². The number of carboxylic acid groups (broad SMARTS) is 1. The molecule has 214 valence electrons. The second-order valence-electron chi connectivity index (χ2n) is 12.5. The summed E-state index contributed by atoms with van der Waals surface area (Å²) in [6.45, 7) is 1.70. The summed E-state index contributed by atoms with van der Waals surface area (Å²) in [5, 5.41) is 15.8. The Balaban J connectivity index is 1.21. The van der Waals surface area contributed by atoms with E-state index in [4.69, 9.17) is 4.74 Å². The van der Waals surface area contributed by atoms with Gasteiger partial charge in [-0.05, 0) is 92.7 Å². The summed E-state index contributed by atoms with van der Waals surface area (Å²) in [5.41, 5.74) is 0.628. The number of alkyl halides is 1. The van der Waals surface area contributed by atoms with Crippen molar-refractivity contribution in [3.05, 3.63) is 53.3 Å². The van der Waals surface area contributed by atoms with E-state index in [0.717, 1.165) is 44.1 Å². The number of rotatable bonds is 8. The van der Waals surface area contributed by atoms with E-state index < -0.39 is 23.5 Å². The molecule has 4 fully saturated rings. The van der Waals surface area contributed by atoms with Gasteiger partial charge in [0.15, 0.2) is 0 Å².